The fraction of sp³-hybridized carbons (Fsp3) is 0.423. The molecule has 33 heavy (non-hydrogen) atoms. The van der Waals surface area contributed by atoms with Gasteiger partial charge in [-0.05, 0) is 53.9 Å². The highest BCUT2D eigenvalue weighted by Gasteiger charge is 2.33. The van der Waals surface area contributed by atoms with E-state index in [1.165, 1.54) is 11.1 Å². The summed E-state index contributed by atoms with van der Waals surface area (Å²) in [5.41, 5.74) is 4.62. The van der Waals surface area contributed by atoms with Crippen molar-refractivity contribution in [3.05, 3.63) is 59.7 Å². The number of carbonyl (C=O) groups excluding carboxylic acids is 2. The normalized spacial score (nSPS) is 16.3. The molecule has 0 aromatic heterocycles. The van der Waals surface area contributed by atoms with Gasteiger partial charge in [0, 0.05) is 24.9 Å². The SMILES string of the molecule is C[C@H](CC(=O)NCC(CC(=O)O)C1CC1)NC(=O)OCC1c2ccccc2-c2ccccc21. The van der Waals surface area contributed by atoms with Crippen LogP contribution < -0.4 is 10.6 Å². The van der Waals surface area contributed by atoms with E-state index in [4.69, 9.17) is 9.84 Å². The summed E-state index contributed by atoms with van der Waals surface area (Å²) in [5.74, 6) is -0.714. The van der Waals surface area contributed by atoms with E-state index in [0.717, 1.165) is 24.0 Å². The quantitative estimate of drug-likeness (QED) is 0.509. The first kappa shape index (κ1) is 22.8. The molecule has 0 saturated heterocycles. The first-order valence-electron chi connectivity index (χ1n) is 11.5. The third-order valence-corrected chi connectivity index (χ3v) is 6.49. The van der Waals surface area contributed by atoms with Gasteiger partial charge < -0.3 is 20.5 Å². The van der Waals surface area contributed by atoms with Crippen molar-refractivity contribution in [2.75, 3.05) is 13.2 Å². The largest absolute Gasteiger partial charge is 0.481 e. The number of carboxylic acid groups (broad SMARTS) is 1. The number of ether oxygens (including phenoxy) is 1. The Kier molecular flexibility index (Phi) is 6.96. The van der Waals surface area contributed by atoms with E-state index >= 15 is 0 Å². The number of carboxylic acids is 1. The molecule has 0 bridgehead atoms. The van der Waals surface area contributed by atoms with Crippen LogP contribution in [-0.2, 0) is 14.3 Å². The Bertz CT molecular complexity index is 987. The van der Waals surface area contributed by atoms with Crippen molar-refractivity contribution in [1.29, 1.82) is 0 Å². The Balaban J connectivity index is 1.24. The van der Waals surface area contributed by atoms with Gasteiger partial charge in [-0.25, -0.2) is 4.79 Å². The van der Waals surface area contributed by atoms with Crippen LogP contribution >= 0.6 is 0 Å². The molecule has 2 atom stereocenters. The molecule has 2 aliphatic carbocycles. The van der Waals surface area contributed by atoms with Crippen molar-refractivity contribution in [3.63, 3.8) is 0 Å². The number of hydrogen-bond donors (Lipinski definition) is 3. The molecule has 7 heteroatoms. The van der Waals surface area contributed by atoms with Crippen LogP contribution in [0.2, 0.25) is 0 Å². The third kappa shape index (κ3) is 5.72. The highest BCUT2D eigenvalue weighted by atomic mass is 16.5. The van der Waals surface area contributed by atoms with Gasteiger partial charge in [0.05, 0.1) is 6.42 Å². The molecule has 0 radical (unpaired) electrons. The fourth-order valence-electron chi connectivity index (χ4n) is 4.68. The van der Waals surface area contributed by atoms with Crippen molar-refractivity contribution < 1.29 is 24.2 Å². The molecule has 7 nitrogen and oxygen atoms in total. The fourth-order valence-corrected chi connectivity index (χ4v) is 4.68. The number of rotatable bonds is 10. The van der Waals surface area contributed by atoms with E-state index in [1.54, 1.807) is 6.92 Å². The first-order valence-corrected chi connectivity index (χ1v) is 11.5. The highest BCUT2D eigenvalue weighted by molar-refractivity contribution is 5.79. The van der Waals surface area contributed by atoms with E-state index in [9.17, 15) is 14.4 Å². The van der Waals surface area contributed by atoms with Gasteiger partial charge in [0.25, 0.3) is 0 Å². The number of nitrogens with one attached hydrogen (secondary N) is 2. The number of amides is 2. The highest BCUT2D eigenvalue weighted by Crippen LogP contribution is 2.44. The third-order valence-electron chi connectivity index (χ3n) is 6.49. The van der Waals surface area contributed by atoms with E-state index in [1.807, 2.05) is 24.3 Å². The van der Waals surface area contributed by atoms with Crippen LogP contribution in [0, 0.1) is 11.8 Å². The van der Waals surface area contributed by atoms with Crippen molar-refractivity contribution >= 4 is 18.0 Å². The standard InChI is InChI=1S/C26H30N2O5/c1-16(12-24(29)27-14-18(13-25(30)31)17-10-11-17)28-26(32)33-15-23-21-8-4-2-6-19(21)20-7-3-5-9-22(20)23/h2-9,16-18,23H,10-15H2,1H3,(H,27,29)(H,28,32)(H,30,31)/t16-,18?/m1/s1. The molecule has 2 aromatic carbocycles. The Hall–Kier alpha value is -3.35. The molecule has 0 aliphatic heterocycles. The number of carbonyl (C=O) groups is 3. The van der Waals surface area contributed by atoms with E-state index in [2.05, 4.69) is 34.9 Å². The van der Waals surface area contributed by atoms with Gasteiger partial charge in [-0.2, -0.15) is 0 Å². The summed E-state index contributed by atoms with van der Waals surface area (Å²) < 4.78 is 5.53. The van der Waals surface area contributed by atoms with Gasteiger partial charge in [-0.1, -0.05) is 48.5 Å². The zero-order chi connectivity index (χ0) is 23.4. The lowest BCUT2D eigenvalue weighted by Gasteiger charge is -2.18. The molecule has 2 aliphatic rings. The summed E-state index contributed by atoms with van der Waals surface area (Å²) in [6.45, 7) is 2.32. The predicted octanol–water partition coefficient (Wildman–Crippen LogP) is 3.92. The minimum Gasteiger partial charge on any atom is -0.481 e. The van der Waals surface area contributed by atoms with Crippen LogP contribution in [0.5, 0.6) is 0 Å². The Labute approximate surface area is 193 Å². The lowest BCUT2D eigenvalue weighted by atomic mass is 9.98. The van der Waals surface area contributed by atoms with Crippen molar-refractivity contribution in [3.8, 4) is 11.1 Å². The molecule has 1 fully saturated rings. The molecule has 0 spiro atoms. The average Bonchev–Trinajstić information content (AvgIpc) is 3.58. The summed E-state index contributed by atoms with van der Waals surface area (Å²) >= 11 is 0. The lowest BCUT2D eigenvalue weighted by Crippen LogP contribution is -2.39. The zero-order valence-electron chi connectivity index (χ0n) is 18.8. The molecule has 0 heterocycles. The molecule has 174 valence electrons. The summed E-state index contributed by atoms with van der Waals surface area (Å²) in [7, 11) is 0. The van der Waals surface area contributed by atoms with E-state index in [0.29, 0.717) is 12.5 Å². The summed E-state index contributed by atoms with van der Waals surface area (Å²) in [4.78, 5) is 35.6. The molecule has 3 N–H and O–H groups in total. The second-order valence-electron chi connectivity index (χ2n) is 9.07. The molecular weight excluding hydrogens is 420 g/mol. The first-order chi connectivity index (χ1) is 15.9. The molecular formula is C26H30N2O5. The van der Waals surface area contributed by atoms with Crippen molar-refractivity contribution in [2.45, 2.75) is 44.6 Å². The Morgan fingerprint density at radius 3 is 2.18 bits per heavy atom. The summed E-state index contributed by atoms with van der Waals surface area (Å²) in [5, 5.41) is 14.6. The maximum Gasteiger partial charge on any atom is 0.407 e. The van der Waals surface area contributed by atoms with Gasteiger partial charge in [-0.15, -0.1) is 0 Å². The van der Waals surface area contributed by atoms with Gasteiger partial charge >= 0.3 is 12.1 Å². The van der Waals surface area contributed by atoms with Crippen LogP contribution in [0.1, 0.15) is 49.7 Å². The maximum absolute atomic E-state index is 12.4. The van der Waals surface area contributed by atoms with Crippen LogP contribution in [0.3, 0.4) is 0 Å². The second-order valence-corrected chi connectivity index (χ2v) is 9.07. The van der Waals surface area contributed by atoms with E-state index in [-0.39, 0.29) is 37.2 Å². The van der Waals surface area contributed by atoms with Crippen molar-refractivity contribution in [2.24, 2.45) is 11.8 Å². The molecule has 4 rings (SSSR count). The second kappa shape index (κ2) is 10.1. The molecule has 2 amide bonds. The van der Waals surface area contributed by atoms with Crippen LogP contribution in [0.25, 0.3) is 11.1 Å². The Morgan fingerprint density at radius 1 is 1.00 bits per heavy atom. The van der Waals surface area contributed by atoms with E-state index < -0.39 is 18.1 Å². The number of alkyl carbamates (subject to hydrolysis) is 1. The number of fused-ring (bicyclic) bond motifs is 3. The number of aliphatic carboxylic acids is 1. The van der Waals surface area contributed by atoms with Gasteiger partial charge in [0.15, 0.2) is 0 Å². The zero-order valence-corrected chi connectivity index (χ0v) is 18.8. The predicted molar refractivity (Wildman–Crippen MR) is 124 cm³/mol. The smallest absolute Gasteiger partial charge is 0.407 e. The van der Waals surface area contributed by atoms with Gasteiger partial charge in [0.2, 0.25) is 5.91 Å². The monoisotopic (exact) mass is 450 g/mol. The lowest BCUT2D eigenvalue weighted by molar-refractivity contribution is -0.138. The Morgan fingerprint density at radius 2 is 1.61 bits per heavy atom. The number of hydrogen-bond acceptors (Lipinski definition) is 4. The molecule has 1 unspecified atom stereocenters. The number of benzene rings is 2. The molecule has 1 saturated carbocycles. The van der Waals surface area contributed by atoms with Gasteiger partial charge in [-0.3, -0.25) is 9.59 Å². The minimum atomic E-state index is -0.841. The van der Waals surface area contributed by atoms with Crippen LogP contribution in [0.4, 0.5) is 4.79 Å². The minimum absolute atomic E-state index is 0.0182. The molecule has 2 aromatic rings. The average molecular weight is 451 g/mol. The van der Waals surface area contributed by atoms with Gasteiger partial charge in [0.1, 0.15) is 6.61 Å². The topological polar surface area (TPSA) is 105 Å². The van der Waals surface area contributed by atoms with Crippen LogP contribution in [-0.4, -0.2) is 42.3 Å². The van der Waals surface area contributed by atoms with Crippen molar-refractivity contribution in [1.82, 2.24) is 10.6 Å². The maximum atomic E-state index is 12.4. The summed E-state index contributed by atoms with van der Waals surface area (Å²) in [6, 6.07) is 15.9. The van der Waals surface area contributed by atoms with Crippen LogP contribution in [0.15, 0.2) is 48.5 Å². The summed E-state index contributed by atoms with van der Waals surface area (Å²) in [6.07, 6.45) is 1.66.